The van der Waals surface area contributed by atoms with E-state index in [-0.39, 0.29) is 5.92 Å². The zero-order valence-electron chi connectivity index (χ0n) is 21.9. The first-order valence-corrected chi connectivity index (χ1v) is 13.8. The SMILES string of the molecule is c1ccc([C@H](c2cccc3c2Cc2ccccc2-3)C(c2ccccc2)(c2ccccc2)c2ccccc2)cc1. The van der Waals surface area contributed by atoms with Gasteiger partial charge in [-0.1, -0.05) is 164 Å². The van der Waals surface area contributed by atoms with Crippen molar-refractivity contribution < 1.29 is 0 Å². The molecular formula is C39H30. The summed E-state index contributed by atoms with van der Waals surface area (Å²) in [7, 11) is 0. The summed E-state index contributed by atoms with van der Waals surface area (Å²) in [4.78, 5) is 0. The molecule has 186 valence electrons. The molecule has 6 aromatic rings. The summed E-state index contributed by atoms with van der Waals surface area (Å²) >= 11 is 0. The highest BCUT2D eigenvalue weighted by molar-refractivity contribution is 5.79. The molecule has 0 heterocycles. The lowest BCUT2D eigenvalue weighted by Gasteiger charge is -2.44. The van der Waals surface area contributed by atoms with Crippen LogP contribution in [0.25, 0.3) is 11.1 Å². The van der Waals surface area contributed by atoms with E-state index in [1.165, 1.54) is 50.1 Å². The Kier molecular flexibility index (Phi) is 5.94. The Hall–Kier alpha value is -4.68. The van der Waals surface area contributed by atoms with Crippen LogP contribution in [0.4, 0.5) is 0 Å². The highest BCUT2D eigenvalue weighted by Gasteiger charge is 2.46. The number of benzene rings is 6. The van der Waals surface area contributed by atoms with Crippen LogP contribution in [0.3, 0.4) is 0 Å². The third kappa shape index (κ3) is 3.83. The van der Waals surface area contributed by atoms with Gasteiger partial charge in [0.05, 0.1) is 5.41 Å². The van der Waals surface area contributed by atoms with Gasteiger partial charge in [-0.2, -0.15) is 0 Å². The van der Waals surface area contributed by atoms with E-state index in [9.17, 15) is 0 Å². The quantitative estimate of drug-likeness (QED) is 0.200. The first-order valence-electron chi connectivity index (χ1n) is 13.8. The van der Waals surface area contributed by atoms with E-state index in [2.05, 4.69) is 164 Å². The summed E-state index contributed by atoms with van der Waals surface area (Å²) in [6, 6.07) is 60.3. The number of hydrogen-bond donors (Lipinski definition) is 0. The highest BCUT2D eigenvalue weighted by atomic mass is 14.5. The Bertz CT molecular complexity index is 1600. The fourth-order valence-corrected chi connectivity index (χ4v) is 6.86. The van der Waals surface area contributed by atoms with Gasteiger partial charge in [0.1, 0.15) is 0 Å². The van der Waals surface area contributed by atoms with Crippen LogP contribution in [0.2, 0.25) is 0 Å². The lowest BCUT2D eigenvalue weighted by atomic mass is 9.57. The molecule has 0 nitrogen and oxygen atoms in total. The smallest absolute Gasteiger partial charge is 0.0560 e. The summed E-state index contributed by atoms with van der Waals surface area (Å²) in [6.45, 7) is 0. The summed E-state index contributed by atoms with van der Waals surface area (Å²) in [5.74, 6) is 0.0511. The van der Waals surface area contributed by atoms with Crippen molar-refractivity contribution in [3.8, 4) is 11.1 Å². The normalized spacial score (nSPS) is 12.9. The lowest BCUT2D eigenvalue weighted by molar-refractivity contribution is 0.535. The molecule has 1 aliphatic rings. The third-order valence-corrected chi connectivity index (χ3v) is 8.45. The third-order valence-electron chi connectivity index (χ3n) is 8.45. The van der Waals surface area contributed by atoms with Gasteiger partial charge in [0.2, 0.25) is 0 Å². The fourth-order valence-electron chi connectivity index (χ4n) is 6.86. The molecule has 0 amide bonds. The predicted octanol–water partition coefficient (Wildman–Crippen LogP) is 9.42. The van der Waals surface area contributed by atoms with Crippen LogP contribution in [0, 0.1) is 0 Å². The molecule has 0 unspecified atom stereocenters. The summed E-state index contributed by atoms with van der Waals surface area (Å²) in [6.07, 6.45) is 0.958. The van der Waals surface area contributed by atoms with Gasteiger partial charge in [0, 0.05) is 5.92 Å². The Balaban J connectivity index is 1.62. The Morgan fingerprint density at radius 3 is 1.44 bits per heavy atom. The van der Waals surface area contributed by atoms with E-state index < -0.39 is 5.41 Å². The van der Waals surface area contributed by atoms with Gasteiger partial charge in [0.15, 0.2) is 0 Å². The maximum atomic E-state index is 2.38. The van der Waals surface area contributed by atoms with Crippen molar-refractivity contribution in [3.63, 3.8) is 0 Å². The van der Waals surface area contributed by atoms with E-state index >= 15 is 0 Å². The molecule has 0 spiro atoms. The second kappa shape index (κ2) is 9.89. The first-order chi connectivity index (χ1) is 19.4. The van der Waals surface area contributed by atoms with Gasteiger partial charge >= 0.3 is 0 Å². The maximum absolute atomic E-state index is 2.38. The van der Waals surface area contributed by atoms with E-state index in [0.29, 0.717) is 0 Å². The van der Waals surface area contributed by atoms with Gasteiger partial charge in [-0.25, -0.2) is 0 Å². The van der Waals surface area contributed by atoms with Crippen molar-refractivity contribution in [1.82, 2.24) is 0 Å². The van der Waals surface area contributed by atoms with Crippen molar-refractivity contribution >= 4 is 0 Å². The molecule has 0 saturated carbocycles. The van der Waals surface area contributed by atoms with Gasteiger partial charge in [-0.3, -0.25) is 0 Å². The zero-order chi connectivity index (χ0) is 26.1. The van der Waals surface area contributed by atoms with Crippen molar-refractivity contribution in [2.75, 3.05) is 0 Å². The Morgan fingerprint density at radius 2 is 0.872 bits per heavy atom. The molecule has 0 aliphatic heterocycles. The van der Waals surface area contributed by atoms with Crippen molar-refractivity contribution in [3.05, 3.63) is 203 Å². The average Bonchev–Trinajstić information content (AvgIpc) is 3.41. The Morgan fingerprint density at radius 1 is 0.410 bits per heavy atom. The molecule has 0 N–H and O–H groups in total. The average molecular weight is 499 g/mol. The van der Waals surface area contributed by atoms with Crippen LogP contribution in [0.1, 0.15) is 44.9 Å². The van der Waals surface area contributed by atoms with Crippen molar-refractivity contribution in [1.29, 1.82) is 0 Å². The summed E-state index contributed by atoms with van der Waals surface area (Å²) < 4.78 is 0. The second-order valence-electron chi connectivity index (χ2n) is 10.5. The van der Waals surface area contributed by atoms with E-state index in [4.69, 9.17) is 0 Å². The fraction of sp³-hybridized carbons (Fsp3) is 0.0769. The molecule has 1 aliphatic carbocycles. The molecule has 6 aromatic carbocycles. The lowest BCUT2D eigenvalue weighted by Crippen LogP contribution is -2.37. The van der Waals surface area contributed by atoms with Crippen LogP contribution < -0.4 is 0 Å². The van der Waals surface area contributed by atoms with Gasteiger partial charge in [-0.15, -0.1) is 0 Å². The van der Waals surface area contributed by atoms with Crippen LogP contribution in [0.5, 0.6) is 0 Å². The molecule has 7 rings (SSSR count). The van der Waals surface area contributed by atoms with Gasteiger partial charge in [-0.05, 0) is 56.5 Å². The van der Waals surface area contributed by atoms with Crippen LogP contribution in [-0.2, 0) is 11.8 Å². The zero-order valence-corrected chi connectivity index (χ0v) is 21.9. The maximum Gasteiger partial charge on any atom is 0.0560 e. The molecule has 0 heteroatoms. The van der Waals surface area contributed by atoms with Crippen LogP contribution in [-0.4, -0.2) is 0 Å². The molecular weight excluding hydrogens is 468 g/mol. The van der Waals surface area contributed by atoms with E-state index in [0.717, 1.165) is 6.42 Å². The van der Waals surface area contributed by atoms with Crippen molar-refractivity contribution in [2.24, 2.45) is 0 Å². The molecule has 0 radical (unpaired) electrons. The number of hydrogen-bond acceptors (Lipinski definition) is 0. The summed E-state index contributed by atoms with van der Waals surface area (Å²) in [5.41, 5.74) is 11.7. The van der Waals surface area contributed by atoms with Crippen molar-refractivity contribution in [2.45, 2.75) is 17.8 Å². The monoisotopic (exact) mass is 498 g/mol. The van der Waals surface area contributed by atoms with Gasteiger partial charge in [0.25, 0.3) is 0 Å². The van der Waals surface area contributed by atoms with E-state index in [1.54, 1.807) is 0 Å². The minimum Gasteiger partial charge on any atom is -0.0622 e. The minimum atomic E-state index is -0.449. The van der Waals surface area contributed by atoms with E-state index in [1.807, 2.05) is 0 Å². The Labute approximate surface area is 231 Å². The van der Waals surface area contributed by atoms with Gasteiger partial charge < -0.3 is 0 Å². The number of rotatable bonds is 6. The minimum absolute atomic E-state index is 0.0511. The highest BCUT2D eigenvalue weighted by Crippen LogP contribution is 2.54. The molecule has 0 fully saturated rings. The molecule has 1 atom stereocenters. The molecule has 0 saturated heterocycles. The standard InChI is InChI=1S/C39H30/c1-5-16-29(17-6-1)38(36-27-15-26-35-34-25-14-13-18-30(34)28-37(35)36)39(31-19-7-2-8-20-31,32-21-9-3-10-22-32)33-23-11-4-12-24-33/h1-27,38H,28H2/t38-/m1/s1. The van der Waals surface area contributed by atoms with Crippen LogP contribution >= 0.6 is 0 Å². The molecule has 39 heavy (non-hydrogen) atoms. The predicted molar refractivity (Wildman–Crippen MR) is 162 cm³/mol. The summed E-state index contributed by atoms with van der Waals surface area (Å²) in [5, 5.41) is 0. The topological polar surface area (TPSA) is 0 Å². The van der Waals surface area contributed by atoms with Crippen LogP contribution in [0.15, 0.2) is 164 Å². The number of fused-ring (bicyclic) bond motifs is 3. The largest absolute Gasteiger partial charge is 0.0622 e. The first kappa shape index (κ1) is 23.4. The molecule has 0 bridgehead atoms. The second-order valence-corrected chi connectivity index (χ2v) is 10.5. The molecule has 0 aromatic heterocycles.